The summed E-state index contributed by atoms with van der Waals surface area (Å²) in [5.74, 6) is 1.38. The second-order valence-electron chi connectivity index (χ2n) is 5.38. The molecule has 0 saturated carbocycles. The Labute approximate surface area is 128 Å². The van der Waals surface area contributed by atoms with E-state index >= 15 is 0 Å². The number of ether oxygens (including phenoxy) is 2. The van der Waals surface area contributed by atoms with Gasteiger partial charge in [-0.05, 0) is 59.4 Å². The Morgan fingerprint density at radius 3 is 2.75 bits per heavy atom. The number of halogens is 1. The Balaban J connectivity index is 1.96. The van der Waals surface area contributed by atoms with Crippen molar-refractivity contribution >= 4 is 15.9 Å². The third-order valence-corrected chi connectivity index (χ3v) is 4.28. The van der Waals surface area contributed by atoms with E-state index in [9.17, 15) is 5.11 Å². The topological polar surface area (TPSA) is 41.9 Å². The average Bonchev–Trinajstić information content (AvgIpc) is 2.43. The van der Waals surface area contributed by atoms with Crippen molar-refractivity contribution < 1.29 is 14.6 Å². The van der Waals surface area contributed by atoms with Crippen LogP contribution >= 0.6 is 15.9 Å². The van der Waals surface area contributed by atoms with Crippen molar-refractivity contribution in [1.82, 2.24) is 4.90 Å². The molecule has 0 bridgehead atoms. The summed E-state index contributed by atoms with van der Waals surface area (Å²) in [6.45, 7) is 3.69. The summed E-state index contributed by atoms with van der Waals surface area (Å²) in [5, 5.41) is 9.82. The molecule has 1 N–H and O–H groups in total. The van der Waals surface area contributed by atoms with Crippen LogP contribution in [0, 0.1) is 5.92 Å². The highest BCUT2D eigenvalue weighted by atomic mass is 79.9. The van der Waals surface area contributed by atoms with Gasteiger partial charge in [0.25, 0.3) is 0 Å². The number of hydrogen-bond donors (Lipinski definition) is 1. The van der Waals surface area contributed by atoms with Gasteiger partial charge in [0.2, 0.25) is 0 Å². The molecule has 1 fully saturated rings. The van der Waals surface area contributed by atoms with Crippen LogP contribution < -0.4 is 4.74 Å². The van der Waals surface area contributed by atoms with Crippen LogP contribution in [0.1, 0.15) is 18.4 Å². The van der Waals surface area contributed by atoms with Crippen molar-refractivity contribution in [3.05, 3.63) is 22.2 Å². The smallest absolute Gasteiger partial charge is 0.172 e. The SMILES string of the molecule is COc1cc(CN(C)CC2CCOCC2)cc(Br)c1O. The van der Waals surface area contributed by atoms with Crippen LogP contribution in [0.2, 0.25) is 0 Å². The lowest BCUT2D eigenvalue weighted by atomic mass is 10.00. The van der Waals surface area contributed by atoms with E-state index in [2.05, 4.69) is 27.9 Å². The summed E-state index contributed by atoms with van der Waals surface area (Å²) in [6.07, 6.45) is 2.29. The molecule has 0 radical (unpaired) electrons. The molecular formula is C15H22BrNO3. The van der Waals surface area contributed by atoms with Crippen LogP contribution in [0.4, 0.5) is 0 Å². The lowest BCUT2D eigenvalue weighted by Crippen LogP contribution is -2.29. The number of aromatic hydroxyl groups is 1. The number of benzene rings is 1. The zero-order valence-corrected chi connectivity index (χ0v) is 13.6. The molecular weight excluding hydrogens is 322 g/mol. The van der Waals surface area contributed by atoms with E-state index in [1.165, 1.54) is 0 Å². The second kappa shape index (κ2) is 7.29. The largest absolute Gasteiger partial charge is 0.503 e. The molecule has 112 valence electrons. The molecule has 1 saturated heterocycles. The monoisotopic (exact) mass is 343 g/mol. The Morgan fingerprint density at radius 1 is 1.40 bits per heavy atom. The molecule has 0 atom stereocenters. The Bertz CT molecular complexity index is 447. The van der Waals surface area contributed by atoms with Crippen LogP contribution in [-0.2, 0) is 11.3 Å². The Kier molecular flexibility index (Phi) is 5.69. The predicted octanol–water partition coefficient (Wildman–Crippen LogP) is 3.02. The molecule has 5 heteroatoms. The first-order valence-corrected chi connectivity index (χ1v) is 7.71. The highest BCUT2D eigenvalue weighted by Gasteiger charge is 2.16. The van der Waals surface area contributed by atoms with Crippen LogP contribution in [-0.4, -0.2) is 43.9 Å². The maximum Gasteiger partial charge on any atom is 0.172 e. The maximum absolute atomic E-state index is 9.82. The fourth-order valence-corrected chi connectivity index (χ4v) is 3.11. The molecule has 4 nitrogen and oxygen atoms in total. The van der Waals surface area contributed by atoms with E-state index in [4.69, 9.17) is 9.47 Å². The van der Waals surface area contributed by atoms with Gasteiger partial charge in [-0.15, -0.1) is 0 Å². The molecule has 2 rings (SSSR count). The number of nitrogens with zero attached hydrogens (tertiary/aromatic N) is 1. The van der Waals surface area contributed by atoms with Gasteiger partial charge in [0.15, 0.2) is 11.5 Å². The second-order valence-corrected chi connectivity index (χ2v) is 6.24. The minimum absolute atomic E-state index is 0.156. The van der Waals surface area contributed by atoms with E-state index in [-0.39, 0.29) is 5.75 Å². The summed E-state index contributed by atoms with van der Waals surface area (Å²) < 4.78 is 11.2. The van der Waals surface area contributed by atoms with Crippen LogP contribution in [0.25, 0.3) is 0 Å². The predicted molar refractivity (Wildman–Crippen MR) is 82.2 cm³/mol. The van der Waals surface area contributed by atoms with E-state index in [0.29, 0.717) is 10.2 Å². The van der Waals surface area contributed by atoms with Gasteiger partial charge in [-0.3, -0.25) is 0 Å². The van der Waals surface area contributed by atoms with Gasteiger partial charge in [-0.1, -0.05) is 0 Å². The molecule has 0 spiro atoms. The fourth-order valence-electron chi connectivity index (χ4n) is 2.62. The quantitative estimate of drug-likeness (QED) is 0.892. The molecule has 0 unspecified atom stereocenters. The first kappa shape index (κ1) is 15.6. The van der Waals surface area contributed by atoms with Crippen molar-refractivity contribution in [3.8, 4) is 11.5 Å². The van der Waals surface area contributed by atoms with E-state index in [1.54, 1.807) is 7.11 Å². The lowest BCUT2D eigenvalue weighted by molar-refractivity contribution is 0.0549. The van der Waals surface area contributed by atoms with Crippen molar-refractivity contribution in [2.45, 2.75) is 19.4 Å². The van der Waals surface area contributed by atoms with Gasteiger partial charge in [0.05, 0.1) is 11.6 Å². The van der Waals surface area contributed by atoms with Crippen LogP contribution in [0.5, 0.6) is 11.5 Å². The molecule has 0 aromatic heterocycles. The molecule has 1 aliphatic rings. The first-order valence-electron chi connectivity index (χ1n) is 6.91. The molecule has 0 amide bonds. The molecule has 20 heavy (non-hydrogen) atoms. The molecule has 1 aliphatic heterocycles. The number of methoxy groups -OCH3 is 1. The highest BCUT2D eigenvalue weighted by molar-refractivity contribution is 9.10. The van der Waals surface area contributed by atoms with Crippen LogP contribution in [0.3, 0.4) is 0 Å². The number of hydrogen-bond acceptors (Lipinski definition) is 4. The van der Waals surface area contributed by atoms with Gasteiger partial charge in [-0.2, -0.15) is 0 Å². The highest BCUT2D eigenvalue weighted by Crippen LogP contribution is 2.35. The molecule has 0 aliphatic carbocycles. The van der Waals surface area contributed by atoms with Gasteiger partial charge in [0.1, 0.15) is 0 Å². The number of rotatable bonds is 5. The minimum atomic E-state index is 0.156. The van der Waals surface area contributed by atoms with E-state index < -0.39 is 0 Å². The summed E-state index contributed by atoms with van der Waals surface area (Å²) in [5.41, 5.74) is 1.13. The molecule has 1 heterocycles. The fraction of sp³-hybridized carbons (Fsp3) is 0.600. The molecule has 1 aromatic carbocycles. The van der Waals surface area contributed by atoms with Gasteiger partial charge in [-0.25, -0.2) is 0 Å². The normalized spacial score (nSPS) is 16.6. The Morgan fingerprint density at radius 2 is 2.10 bits per heavy atom. The number of phenols is 1. The zero-order valence-electron chi connectivity index (χ0n) is 12.1. The maximum atomic E-state index is 9.82. The average molecular weight is 344 g/mol. The van der Waals surface area contributed by atoms with Crippen LogP contribution in [0.15, 0.2) is 16.6 Å². The number of phenolic OH excluding ortho intramolecular Hbond substituents is 1. The summed E-state index contributed by atoms with van der Waals surface area (Å²) >= 11 is 3.36. The summed E-state index contributed by atoms with van der Waals surface area (Å²) in [4.78, 5) is 2.31. The van der Waals surface area contributed by atoms with Crippen molar-refractivity contribution in [3.63, 3.8) is 0 Å². The van der Waals surface area contributed by atoms with Crippen molar-refractivity contribution in [1.29, 1.82) is 0 Å². The Hall–Kier alpha value is -0.780. The zero-order chi connectivity index (χ0) is 14.5. The first-order chi connectivity index (χ1) is 9.60. The van der Waals surface area contributed by atoms with Gasteiger partial charge in [0, 0.05) is 26.3 Å². The van der Waals surface area contributed by atoms with E-state index in [1.807, 2.05) is 12.1 Å². The standard InChI is InChI=1S/C15H22BrNO3/c1-17(9-11-3-5-20-6-4-11)10-12-7-13(16)15(18)14(8-12)19-2/h7-8,11,18H,3-6,9-10H2,1-2H3. The minimum Gasteiger partial charge on any atom is -0.503 e. The van der Waals surface area contributed by atoms with Gasteiger partial charge >= 0.3 is 0 Å². The third kappa shape index (κ3) is 4.11. The molecule has 1 aromatic rings. The van der Waals surface area contributed by atoms with Gasteiger partial charge < -0.3 is 19.5 Å². The van der Waals surface area contributed by atoms with E-state index in [0.717, 1.165) is 50.6 Å². The van der Waals surface area contributed by atoms with Crippen molar-refractivity contribution in [2.24, 2.45) is 5.92 Å². The third-order valence-electron chi connectivity index (χ3n) is 3.67. The van der Waals surface area contributed by atoms with Crippen molar-refractivity contribution in [2.75, 3.05) is 33.9 Å². The lowest BCUT2D eigenvalue weighted by Gasteiger charge is -2.27. The summed E-state index contributed by atoms with van der Waals surface area (Å²) in [6, 6.07) is 3.83. The summed E-state index contributed by atoms with van der Waals surface area (Å²) in [7, 11) is 3.69.